The van der Waals surface area contributed by atoms with Crippen molar-refractivity contribution in [1.29, 1.82) is 0 Å². The van der Waals surface area contributed by atoms with Crippen molar-refractivity contribution >= 4 is 27.5 Å². The second kappa shape index (κ2) is 4.18. The van der Waals surface area contributed by atoms with Crippen LogP contribution in [0.25, 0.3) is 0 Å². The molecule has 2 aromatic rings. The van der Waals surface area contributed by atoms with E-state index in [2.05, 4.69) is 21.2 Å². The SMILES string of the molecule is Cc1ccccc1C1(O)C(=O)Nc2ccc(Br)cc21. The predicted octanol–water partition coefficient (Wildman–Crippen LogP) is 2.95. The number of fused-ring (bicyclic) bond motifs is 1. The van der Waals surface area contributed by atoms with E-state index in [0.29, 0.717) is 16.8 Å². The number of benzene rings is 2. The molecule has 0 radical (unpaired) electrons. The van der Waals surface area contributed by atoms with Crippen molar-refractivity contribution in [2.45, 2.75) is 12.5 Å². The van der Waals surface area contributed by atoms with Gasteiger partial charge in [0, 0.05) is 21.3 Å². The molecule has 1 amide bonds. The van der Waals surface area contributed by atoms with E-state index in [9.17, 15) is 9.90 Å². The molecular weight excluding hydrogens is 306 g/mol. The molecule has 2 aromatic carbocycles. The summed E-state index contributed by atoms with van der Waals surface area (Å²) >= 11 is 3.38. The zero-order valence-electron chi connectivity index (χ0n) is 10.3. The molecule has 1 aliphatic rings. The highest BCUT2D eigenvalue weighted by Crippen LogP contribution is 2.42. The molecule has 3 nitrogen and oxygen atoms in total. The first-order chi connectivity index (χ1) is 9.03. The Balaban J connectivity index is 2.28. The second-order valence-corrected chi connectivity index (χ2v) is 5.59. The Morgan fingerprint density at radius 3 is 2.63 bits per heavy atom. The summed E-state index contributed by atoms with van der Waals surface area (Å²) < 4.78 is 0.828. The maximum absolute atomic E-state index is 12.2. The van der Waals surface area contributed by atoms with E-state index >= 15 is 0 Å². The first-order valence-electron chi connectivity index (χ1n) is 5.93. The number of carbonyl (C=O) groups excluding carboxylic acids is 1. The number of rotatable bonds is 1. The monoisotopic (exact) mass is 317 g/mol. The minimum Gasteiger partial charge on any atom is -0.372 e. The number of anilines is 1. The molecule has 0 aliphatic carbocycles. The van der Waals surface area contributed by atoms with Gasteiger partial charge in [-0.1, -0.05) is 40.2 Å². The Kier molecular flexibility index (Phi) is 2.73. The van der Waals surface area contributed by atoms with Gasteiger partial charge < -0.3 is 10.4 Å². The van der Waals surface area contributed by atoms with Gasteiger partial charge >= 0.3 is 0 Å². The average molecular weight is 318 g/mol. The lowest BCUT2D eigenvalue weighted by Crippen LogP contribution is -2.36. The van der Waals surface area contributed by atoms with Gasteiger partial charge in [0.15, 0.2) is 5.60 Å². The molecule has 1 unspecified atom stereocenters. The maximum Gasteiger partial charge on any atom is 0.265 e. The summed E-state index contributed by atoms with van der Waals surface area (Å²) in [6.07, 6.45) is 0. The normalized spacial score (nSPS) is 21.1. The van der Waals surface area contributed by atoms with Gasteiger partial charge in [0.1, 0.15) is 0 Å². The van der Waals surface area contributed by atoms with Crippen LogP contribution in [-0.2, 0) is 10.4 Å². The zero-order valence-corrected chi connectivity index (χ0v) is 11.9. The summed E-state index contributed by atoms with van der Waals surface area (Å²) in [5.74, 6) is -0.407. The summed E-state index contributed by atoms with van der Waals surface area (Å²) in [5, 5.41) is 13.7. The van der Waals surface area contributed by atoms with Crippen molar-refractivity contribution < 1.29 is 9.90 Å². The number of carbonyl (C=O) groups is 1. The van der Waals surface area contributed by atoms with E-state index in [0.717, 1.165) is 10.0 Å². The van der Waals surface area contributed by atoms with Gasteiger partial charge in [0.2, 0.25) is 0 Å². The number of hydrogen-bond donors (Lipinski definition) is 2. The fraction of sp³-hybridized carbons (Fsp3) is 0.133. The Hall–Kier alpha value is -1.65. The largest absolute Gasteiger partial charge is 0.372 e. The molecule has 0 bridgehead atoms. The van der Waals surface area contributed by atoms with Crippen molar-refractivity contribution in [2.75, 3.05) is 5.32 Å². The fourth-order valence-electron chi connectivity index (χ4n) is 2.51. The Morgan fingerprint density at radius 1 is 1.16 bits per heavy atom. The van der Waals surface area contributed by atoms with Crippen LogP contribution in [-0.4, -0.2) is 11.0 Å². The Morgan fingerprint density at radius 2 is 1.89 bits per heavy atom. The van der Waals surface area contributed by atoms with Crippen molar-refractivity contribution in [2.24, 2.45) is 0 Å². The quantitative estimate of drug-likeness (QED) is 0.849. The molecule has 4 heteroatoms. The molecule has 0 fully saturated rings. The van der Waals surface area contributed by atoms with Crippen LogP contribution in [0.2, 0.25) is 0 Å². The highest BCUT2D eigenvalue weighted by molar-refractivity contribution is 9.10. The van der Waals surface area contributed by atoms with Gasteiger partial charge in [-0.2, -0.15) is 0 Å². The lowest BCUT2D eigenvalue weighted by atomic mass is 9.85. The zero-order chi connectivity index (χ0) is 13.6. The van der Waals surface area contributed by atoms with Crippen LogP contribution in [0.15, 0.2) is 46.9 Å². The summed E-state index contributed by atoms with van der Waals surface area (Å²) in [5.41, 5.74) is 1.11. The molecule has 0 saturated heterocycles. The van der Waals surface area contributed by atoms with Gasteiger partial charge in [0.25, 0.3) is 5.91 Å². The van der Waals surface area contributed by atoms with E-state index in [4.69, 9.17) is 0 Å². The van der Waals surface area contributed by atoms with Crippen LogP contribution < -0.4 is 5.32 Å². The number of hydrogen-bond acceptors (Lipinski definition) is 2. The van der Waals surface area contributed by atoms with Gasteiger partial charge in [-0.3, -0.25) is 4.79 Å². The number of amides is 1. The molecule has 1 atom stereocenters. The highest BCUT2D eigenvalue weighted by Gasteiger charge is 2.47. The van der Waals surface area contributed by atoms with Crippen LogP contribution in [0.3, 0.4) is 0 Å². The third-order valence-electron chi connectivity index (χ3n) is 3.48. The molecule has 2 N–H and O–H groups in total. The van der Waals surface area contributed by atoms with E-state index in [1.165, 1.54) is 0 Å². The summed E-state index contributed by atoms with van der Waals surface area (Å²) in [6, 6.07) is 12.8. The summed E-state index contributed by atoms with van der Waals surface area (Å²) in [4.78, 5) is 12.2. The molecule has 0 saturated carbocycles. The topological polar surface area (TPSA) is 49.3 Å². The van der Waals surface area contributed by atoms with E-state index < -0.39 is 11.5 Å². The van der Waals surface area contributed by atoms with Crippen LogP contribution in [0.1, 0.15) is 16.7 Å². The number of halogens is 1. The van der Waals surface area contributed by atoms with E-state index in [-0.39, 0.29) is 0 Å². The minimum atomic E-state index is -1.62. The van der Waals surface area contributed by atoms with Crippen LogP contribution in [0, 0.1) is 6.92 Å². The highest BCUT2D eigenvalue weighted by atomic mass is 79.9. The van der Waals surface area contributed by atoms with Crippen molar-refractivity contribution in [3.63, 3.8) is 0 Å². The van der Waals surface area contributed by atoms with Crippen LogP contribution in [0.5, 0.6) is 0 Å². The van der Waals surface area contributed by atoms with Gasteiger partial charge in [-0.15, -0.1) is 0 Å². The molecular formula is C15H12BrNO2. The second-order valence-electron chi connectivity index (χ2n) is 4.67. The number of nitrogens with one attached hydrogen (secondary N) is 1. The van der Waals surface area contributed by atoms with Crippen LogP contribution in [0.4, 0.5) is 5.69 Å². The Bertz CT molecular complexity index is 684. The number of aryl methyl sites for hydroxylation is 1. The predicted molar refractivity (Wildman–Crippen MR) is 76.9 cm³/mol. The molecule has 1 aliphatic heterocycles. The standard InChI is InChI=1S/C15H12BrNO2/c1-9-4-2-3-5-11(9)15(19)12-8-10(16)6-7-13(12)17-14(15)18/h2-8,19H,1H3,(H,17,18). The van der Waals surface area contributed by atoms with Crippen molar-refractivity contribution in [3.05, 3.63) is 63.6 Å². The average Bonchev–Trinajstić information content (AvgIpc) is 2.64. The molecule has 1 heterocycles. The lowest BCUT2D eigenvalue weighted by Gasteiger charge is -2.23. The molecule has 19 heavy (non-hydrogen) atoms. The smallest absolute Gasteiger partial charge is 0.265 e. The van der Waals surface area contributed by atoms with Gasteiger partial charge in [-0.05, 0) is 30.7 Å². The van der Waals surface area contributed by atoms with Gasteiger partial charge in [-0.25, -0.2) is 0 Å². The van der Waals surface area contributed by atoms with E-state index in [1.54, 1.807) is 18.2 Å². The first-order valence-corrected chi connectivity index (χ1v) is 6.73. The molecule has 0 aromatic heterocycles. The molecule has 96 valence electrons. The fourth-order valence-corrected chi connectivity index (χ4v) is 2.87. The van der Waals surface area contributed by atoms with E-state index in [1.807, 2.05) is 31.2 Å². The third-order valence-corrected chi connectivity index (χ3v) is 3.98. The Labute approximate surface area is 119 Å². The van der Waals surface area contributed by atoms with Crippen molar-refractivity contribution in [1.82, 2.24) is 0 Å². The van der Waals surface area contributed by atoms with Crippen molar-refractivity contribution in [3.8, 4) is 0 Å². The number of aliphatic hydroxyl groups is 1. The maximum atomic E-state index is 12.2. The summed E-state index contributed by atoms with van der Waals surface area (Å²) in [6.45, 7) is 1.89. The summed E-state index contributed by atoms with van der Waals surface area (Å²) in [7, 11) is 0. The van der Waals surface area contributed by atoms with Crippen LogP contribution >= 0.6 is 15.9 Å². The first kappa shape index (κ1) is 12.4. The lowest BCUT2D eigenvalue weighted by molar-refractivity contribution is -0.129. The molecule has 3 rings (SSSR count). The molecule has 0 spiro atoms. The minimum absolute atomic E-state index is 0.407. The van der Waals surface area contributed by atoms with Gasteiger partial charge in [0.05, 0.1) is 0 Å². The third kappa shape index (κ3) is 1.71.